The summed E-state index contributed by atoms with van der Waals surface area (Å²) in [4.78, 5) is 10.6. The molecule has 0 aromatic carbocycles. The molecule has 0 bridgehead atoms. The highest BCUT2D eigenvalue weighted by molar-refractivity contribution is 5.81. The maximum absolute atomic E-state index is 11.9. The van der Waals surface area contributed by atoms with Crippen LogP contribution in [0.4, 0.5) is 13.2 Å². The Hall–Kier alpha value is -0.860. The number of carbonyl (C=O) groups excluding carboxylic acids is 1. The largest absolute Gasteiger partial charge is 0.471 e. The molecule has 0 heterocycles. The molecule has 1 unspecified atom stereocenters. The molecule has 0 saturated heterocycles. The first-order valence-corrected chi connectivity index (χ1v) is 9.09. The zero-order chi connectivity index (χ0) is 19.0. The average Bonchev–Trinajstić information content (AvgIpc) is 2.56. The van der Waals surface area contributed by atoms with Gasteiger partial charge in [-0.1, -0.05) is 51.4 Å². The number of hydrogen-bond donors (Lipinski definition) is 3. The van der Waals surface area contributed by atoms with Gasteiger partial charge in [0.05, 0.1) is 13.2 Å². The topological polar surface area (TPSA) is 78.8 Å². The summed E-state index contributed by atoms with van der Waals surface area (Å²) in [6.07, 6.45) is 4.45. The molecule has 0 rings (SSSR count). The molecule has 1 amide bonds. The van der Waals surface area contributed by atoms with Crippen LogP contribution in [0.3, 0.4) is 0 Å². The van der Waals surface area contributed by atoms with E-state index < -0.39 is 18.2 Å². The number of nitrogens with one attached hydrogen (secondary N) is 1. The average molecular weight is 371 g/mol. The molecule has 0 aliphatic heterocycles. The minimum absolute atomic E-state index is 0.0791. The molecular weight excluding hydrogens is 339 g/mol. The van der Waals surface area contributed by atoms with Crippen LogP contribution >= 0.6 is 0 Å². The van der Waals surface area contributed by atoms with Crippen LogP contribution in [0.5, 0.6) is 0 Å². The van der Waals surface area contributed by atoms with Gasteiger partial charge in [0.15, 0.2) is 0 Å². The third-order valence-electron chi connectivity index (χ3n) is 3.78. The fourth-order valence-corrected chi connectivity index (χ4v) is 2.32. The minimum atomic E-state index is -4.78. The maximum atomic E-state index is 11.9. The molecule has 0 fully saturated rings. The summed E-state index contributed by atoms with van der Waals surface area (Å²) in [5.74, 6) is -1.86. The van der Waals surface area contributed by atoms with Gasteiger partial charge >= 0.3 is 12.1 Å². The van der Waals surface area contributed by atoms with E-state index in [0.717, 1.165) is 57.8 Å². The lowest BCUT2D eigenvalue weighted by atomic mass is 10.1. The molecule has 0 saturated carbocycles. The summed E-state index contributed by atoms with van der Waals surface area (Å²) < 4.78 is 41.0. The van der Waals surface area contributed by atoms with Crippen LogP contribution in [-0.4, -0.2) is 54.8 Å². The number of alkyl halides is 3. The van der Waals surface area contributed by atoms with E-state index in [9.17, 15) is 18.0 Å². The van der Waals surface area contributed by atoms with Crippen molar-refractivity contribution in [2.75, 3.05) is 26.4 Å². The van der Waals surface area contributed by atoms with Crippen molar-refractivity contribution >= 4 is 5.91 Å². The molecule has 0 aromatic heterocycles. The molecule has 8 heteroatoms. The van der Waals surface area contributed by atoms with Crippen molar-refractivity contribution in [1.82, 2.24) is 5.32 Å². The van der Waals surface area contributed by atoms with E-state index in [-0.39, 0.29) is 19.8 Å². The van der Waals surface area contributed by atoms with Crippen molar-refractivity contribution in [3.05, 3.63) is 0 Å². The van der Waals surface area contributed by atoms with Gasteiger partial charge in [-0.2, -0.15) is 13.2 Å². The second-order valence-electron chi connectivity index (χ2n) is 6.20. The molecule has 150 valence electrons. The predicted octanol–water partition coefficient (Wildman–Crippen LogP) is 2.94. The number of rotatable bonds is 16. The van der Waals surface area contributed by atoms with Gasteiger partial charge < -0.3 is 20.3 Å². The standard InChI is InChI=1S/C17H32F3NO4/c18-17(19,20)16(24)21-11-9-7-5-3-1-2-4-6-8-10-12-25-14-15(23)13-22/h15,22-23H,1-14H2,(H,21,24). The second-order valence-corrected chi connectivity index (χ2v) is 6.20. The Morgan fingerprint density at radius 2 is 1.40 bits per heavy atom. The molecule has 25 heavy (non-hydrogen) atoms. The van der Waals surface area contributed by atoms with Gasteiger partial charge in [0.1, 0.15) is 6.10 Å². The summed E-state index contributed by atoms with van der Waals surface area (Å²) in [5, 5.41) is 19.5. The zero-order valence-electron chi connectivity index (χ0n) is 14.8. The number of halogens is 3. The Balaban J connectivity index is 3.16. The van der Waals surface area contributed by atoms with Crippen molar-refractivity contribution in [2.24, 2.45) is 0 Å². The van der Waals surface area contributed by atoms with E-state index in [0.29, 0.717) is 13.0 Å². The highest BCUT2D eigenvalue weighted by Gasteiger charge is 2.38. The number of aliphatic hydroxyl groups is 2. The van der Waals surface area contributed by atoms with E-state index in [4.69, 9.17) is 14.9 Å². The van der Waals surface area contributed by atoms with Crippen molar-refractivity contribution in [2.45, 2.75) is 76.5 Å². The smallest absolute Gasteiger partial charge is 0.394 e. The van der Waals surface area contributed by atoms with E-state index >= 15 is 0 Å². The van der Waals surface area contributed by atoms with E-state index in [2.05, 4.69) is 0 Å². The molecule has 0 aliphatic rings. The fraction of sp³-hybridized carbons (Fsp3) is 0.941. The molecule has 0 spiro atoms. The van der Waals surface area contributed by atoms with E-state index in [1.54, 1.807) is 0 Å². The Morgan fingerprint density at radius 1 is 0.920 bits per heavy atom. The van der Waals surface area contributed by atoms with Crippen molar-refractivity contribution in [3.63, 3.8) is 0 Å². The van der Waals surface area contributed by atoms with Crippen LogP contribution in [0, 0.1) is 0 Å². The highest BCUT2D eigenvalue weighted by atomic mass is 19.4. The number of carbonyl (C=O) groups is 1. The Labute approximate surface area is 147 Å². The van der Waals surface area contributed by atoms with Crippen LogP contribution < -0.4 is 5.32 Å². The first kappa shape index (κ1) is 24.1. The lowest BCUT2D eigenvalue weighted by Gasteiger charge is -2.08. The van der Waals surface area contributed by atoms with Gasteiger partial charge in [0, 0.05) is 13.2 Å². The fourth-order valence-electron chi connectivity index (χ4n) is 2.32. The van der Waals surface area contributed by atoms with Crippen LogP contribution in [0.15, 0.2) is 0 Å². The van der Waals surface area contributed by atoms with Gasteiger partial charge in [-0.3, -0.25) is 4.79 Å². The van der Waals surface area contributed by atoms with Gasteiger partial charge in [0.25, 0.3) is 0 Å². The molecule has 1 atom stereocenters. The van der Waals surface area contributed by atoms with Crippen molar-refractivity contribution in [1.29, 1.82) is 0 Å². The van der Waals surface area contributed by atoms with Gasteiger partial charge in [-0.25, -0.2) is 0 Å². The Bertz CT molecular complexity index is 328. The van der Waals surface area contributed by atoms with Gasteiger partial charge in [0.2, 0.25) is 0 Å². The lowest BCUT2D eigenvalue weighted by Crippen LogP contribution is -2.37. The van der Waals surface area contributed by atoms with Crippen molar-refractivity contribution in [3.8, 4) is 0 Å². The first-order valence-electron chi connectivity index (χ1n) is 9.09. The predicted molar refractivity (Wildman–Crippen MR) is 89.1 cm³/mol. The zero-order valence-corrected chi connectivity index (χ0v) is 14.8. The third-order valence-corrected chi connectivity index (χ3v) is 3.78. The number of aliphatic hydroxyl groups excluding tert-OH is 2. The lowest BCUT2D eigenvalue weighted by molar-refractivity contribution is -0.173. The number of amides is 1. The first-order chi connectivity index (χ1) is 11.9. The molecule has 0 radical (unpaired) electrons. The van der Waals surface area contributed by atoms with Gasteiger partial charge in [-0.15, -0.1) is 0 Å². The van der Waals surface area contributed by atoms with E-state index in [1.807, 2.05) is 5.32 Å². The Morgan fingerprint density at radius 3 is 1.88 bits per heavy atom. The molecule has 0 aromatic rings. The van der Waals surface area contributed by atoms with Crippen LogP contribution in [0.1, 0.15) is 64.2 Å². The number of unbranched alkanes of at least 4 members (excludes halogenated alkanes) is 9. The third kappa shape index (κ3) is 16.4. The quantitative estimate of drug-likeness (QED) is 0.365. The summed E-state index contributed by atoms with van der Waals surface area (Å²) in [7, 11) is 0. The maximum Gasteiger partial charge on any atom is 0.471 e. The van der Waals surface area contributed by atoms with Gasteiger partial charge in [-0.05, 0) is 12.8 Å². The summed E-state index contributed by atoms with van der Waals surface area (Å²) >= 11 is 0. The van der Waals surface area contributed by atoms with Crippen LogP contribution in [0.2, 0.25) is 0 Å². The SMILES string of the molecule is O=C(NCCCCCCCCCCCCOCC(O)CO)C(F)(F)F. The monoisotopic (exact) mass is 371 g/mol. The summed E-state index contributed by atoms with van der Waals surface area (Å²) in [6, 6.07) is 0. The molecule has 3 N–H and O–H groups in total. The summed E-state index contributed by atoms with van der Waals surface area (Å²) in [5.41, 5.74) is 0. The van der Waals surface area contributed by atoms with E-state index in [1.165, 1.54) is 0 Å². The Kier molecular flexibility index (Phi) is 14.9. The van der Waals surface area contributed by atoms with Crippen LogP contribution in [-0.2, 0) is 9.53 Å². The molecule has 0 aliphatic carbocycles. The molecular formula is C17H32F3NO4. The van der Waals surface area contributed by atoms with Crippen LogP contribution in [0.25, 0.3) is 0 Å². The molecule has 5 nitrogen and oxygen atoms in total. The normalized spacial score (nSPS) is 13.0. The minimum Gasteiger partial charge on any atom is -0.394 e. The highest BCUT2D eigenvalue weighted by Crippen LogP contribution is 2.14. The number of ether oxygens (including phenoxy) is 1. The number of hydrogen-bond acceptors (Lipinski definition) is 4. The van der Waals surface area contributed by atoms with Crippen molar-refractivity contribution < 1.29 is 32.9 Å². The summed E-state index contributed by atoms with van der Waals surface area (Å²) in [6.45, 7) is 0.580. The second kappa shape index (κ2) is 15.4.